The molecule has 0 aliphatic heterocycles. The minimum absolute atomic E-state index is 0.390. The van der Waals surface area contributed by atoms with Crippen molar-refractivity contribution in [1.29, 1.82) is 0 Å². The van der Waals surface area contributed by atoms with Gasteiger partial charge in [-0.25, -0.2) is 0 Å². The van der Waals surface area contributed by atoms with E-state index in [1.807, 2.05) is 14.0 Å². The van der Waals surface area contributed by atoms with Crippen LogP contribution in [0.5, 0.6) is 0 Å². The van der Waals surface area contributed by atoms with Crippen LogP contribution in [0.4, 0.5) is 11.4 Å². The predicted octanol–water partition coefficient (Wildman–Crippen LogP) is 1.02. The van der Waals surface area contributed by atoms with Crippen molar-refractivity contribution in [3.8, 4) is 0 Å². The van der Waals surface area contributed by atoms with Crippen LogP contribution in [-0.4, -0.2) is 15.7 Å². The van der Waals surface area contributed by atoms with E-state index < -0.39 is 5.91 Å². The molecule has 5 N–H and O–H groups in total. The minimum Gasteiger partial charge on any atom is -0.397 e. The molecule has 0 bridgehead atoms. The Balaban J connectivity index is 2.24. The Labute approximate surface area is 111 Å². The molecule has 0 aliphatic carbocycles. The number of carbonyl (C=O) groups excluding carboxylic acids is 1. The Bertz CT molecular complexity index is 617. The average Bonchev–Trinajstić information content (AvgIpc) is 2.68. The first-order valence-electron chi connectivity index (χ1n) is 5.90. The summed E-state index contributed by atoms with van der Waals surface area (Å²) < 4.78 is 1.79. The lowest BCUT2D eigenvalue weighted by molar-refractivity contribution is 0.100. The van der Waals surface area contributed by atoms with Gasteiger partial charge in [0.2, 0.25) is 0 Å². The third-order valence-electron chi connectivity index (χ3n) is 3.15. The van der Waals surface area contributed by atoms with Crippen molar-refractivity contribution in [3.05, 3.63) is 41.2 Å². The maximum Gasteiger partial charge on any atom is 0.250 e. The van der Waals surface area contributed by atoms with Gasteiger partial charge in [0.1, 0.15) is 0 Å². The summed E-state index contributed by atoms with van der Waals surface area (Å²) >= 11 is 0. The Kier molecular flexibility index (Phi) is 3.41. The van der Waals surface area contributed by atoms with Gasteiger partial charge in [-0.2, -0.15) is 5.10 Å². The van der Waals surface area contributed by atoms with E-state index in [0.29, 0.717) is 23.5 Å². The first-order valence-corrected chi connectivity index (χ1v) is 5.90. The maximum atomic E-state index is 11.4. The molecule has 0 unspecified atom stereocenters. The molecule has 0 fully saturated rings. The first kappa shape index (κ1) is 12.9. The van der Waals surface area contributed by atoms with E-state index in [9.17, 15) is 4.79 Å². The molecule has 1 amide bonds. The highest BCUT2D eigenvalue weighted by Crippen LogP contribution is 2.24. The summed E-state index contributed by atoms with van der Waals surface area (Å²) in [5.41, 5.74) is 14.8. The minimum atomic E-state index is -0.502. The molecule has 1 aromatic heterocycles. The van der Waals surface area contributed by atoms with E-state index in [4.69, 9.17) is 11.5 Å². The van der Waals surface area contributed by atoms with Gasteiger partial charge in [0, 0.05) is 24.8 Å². The van der Waals surface area contributed by atoms with Crippen LogP contribution in [0.15, 0.2) is 24.4 Å². The van der Waals surface area contributed by atoms with E-state index in [1.165, 1.54) is 0 Å². The second-order valence-corrected chi connectivity index (χ2v) is 4.37. The van der Waals surface area contributed by atoms with Crippen molar-refractivity contribution in [2.75, 3.05) is 11.1 Å². The fourth-order valence-corrected chi connectivity index (χ4v) is 1.87. The fourth-order valence-electron chi connectivity index (χ4n) is 1.87. The number of nitrogen functional groups attached to an aromatic ring is 1. The molecule has 6 heteroatoms. The van der Waals surface area contributed by atoms with Gasteiger partial charge < -0.3 is 16.8 Å². The van der Waals surface area contributed by atoms with Gasteiger partial charge in [0.05, 0.1) is 23.1 Å². The number of rotatable bonds is 4. The molecule has 1 heterocycles. The van der Waals surface area contributed by atoms with Crippen molar-refractivity contribution < 1.29 is 4.79 Å². The second-order valence-electron chi connectivity index (χ2n) is 4.37. The van der Waals surface area contributed by atoms with Gasteiger partial charge in [0.15, 0.2) is 0 Å². The molecule has 2 rings (SSSR count). The number of hydrogen-bond donors (Lipinski definition) is 3. The van der Waals surface area contributed by atoms with Crippen LogP contribution in [0, 0.1) is 6.92 Å². The van der Waals surface area contributed by atoms with E-state index in [-0.39, 0.29) is 0 Å². The van der Waals surface area contributed by atoms with Crippen LogP contribution < -0.4 is 16.8 Å². The number of amides is 1. The molecule has 6 nitrogen and oxygen atoms in total. The lowest BCUT2D eigenvalue weighted by atomic mass is 10.1. The number of anilines is 2. The Morgan fingerprint density at radius 3 is 2.79 bits per heavy atom. The van der Waals surface area contributed by atoms with E-state index in [2.05, 4.69) is 10.4 Å². The zero-order valence-electron chi connectivity index (χ0n) is 11.0. The third kappa shape index (κ3) is 2.52. The molecule has 2 aromatic rings. The van der Waals surface area contributed by atoms with E-state index in [1.54, 1.807) is 29.1 Å². The van der Waals surface area contributed by atoms with Gasteiger partial charge in [-0.1, -0.05) is 6.07 Å². The molecule has 0 atom stereocenters. The first-order chi connectivity index (χ1) is 9.00. The van der Waals surface area contributed by atoms with Crippen molar-refractivity contribution in [2.45, 2.75) is 13.5 Å². The lowest BCUT2D eigenvalue weighted by Gasteiger charge is -2.12. The molecule has 0 saturated heterocycles. The number of primary amides is 1. The molecule has 0 saturated carbocycles. The third-order valence-corrected chi connectivity index (χ3v) is 3.15. The number of hydrogen-bond acceptors (Lipinski definition) is 4. The van der Waals surface area contributed by atoms with Crippen molar-refractivity contribution >= 4 is 17.3 Å². The number of aromatic nitrogens is 2. The van der Waals surface area contributed by atoms with Crippen molar-refractivity contribution in [3.63, 3.8) is 0 Å². The van der Waals surface area contributed by atoms with Crippen LogP contribution in [0.1, 0.15) is 21.6 Å². The zero-order valence-corrected chi connectivity index (χ0v) is 11.0. The van der Waals surface area contributed by atoms with E-state index in [0.717, 1.165) is 11.3 Å². The highest BCUT2D eigenvalue weighted by Gasteiger charge is 2.11. The van der Waals surface area contributed by atoms with Gasteiger partial charge in [-0.3, -0.25) is 9.48 Å². The number of nitrogens with one attached hydrogen (secondary N) is 1. The number of aryl methyl sites for hydroxylation is 1. The molecular weight excluding hydrogens is 242 g/mol. The lowest BCUT2D eigenvalue weighted by Crippen LogP contribution is -2.15. The standard InChI is InChI=1S/C13H17N5O/c1-8-9(7-17-18(8)2)6-16-12-10(13(15)19)4-3-5-11(12)14/h3-5,7,16H,6,14H2,1-2H3,(H2,15,19). The van der Waals surface area contributed by atoms with Gasteiger partial charge in [-0.05, 0) is 19.1 Å². The highest BCUT2D eigenvalue weighted by molar-refractivity contribution is 6.01. The predicted molar refractivity (Wildman–Crippen MR) is 74.6 cm³/mol. The maximum absolute atomic E-state index is 11.4. The quantitative estimate of drug-likeness (QED) is 0.714. The summed E-state index contributed by atoms with van der Waals surface area (Å²) in [7, 11) is 1.88. The second kappa shape index (κ2) is 5.01. The van der Waals surface area contributed by atoms with Crippen molar-refractivity contribution in [2.24, 2.45) is 12.8 Å². The molecule has 1 aromatic carbocycles. The van der Waals surface area contributed by atoms with Gasteiger partial charge >= 0.3 is 0 Å². The summed E-state index contributed by atoms with van der Waals surface area (Å²) in [6.45, 7) is 2.52. The Hall–Kier alpha value is -2.50. The number of nitrogens with zero attached hydrogens (tertiary/aromatic N) is 2. The Morgan fingerprint density at radius 1 is 1.47 bits per heavy atom. The van der Waals surface area contributed by atoms with Crippen LogP contribution in [0.25, 0.3) is 0 Å². The van der Waals surface area contributed by atoms with Crippen LogP contribution in [-0.2, 0) is 13.6 Å². The summed E-state index contributed by atoms with van der Waals surface area (Å²) in [4.78, 5) is 11.4. The number of benzene rings is 1. The molecule has 19 heavy (non-hydrogen) atoms. The fraction of sp³-hybridized carbons (Fsp3) is 0.231. The summed E-state index contributed by atoms with van der Waals surface area (Å²) in [6, 6.07) is 5.08. The molecule has 0 radical (unpaired) electrons. The molecule has 0 aliphatic rings. The highest BCUT2D eigenvalue weighted by atomic mass is 16.1. The molecular formula is C13H17N5O. The number of carbonyl (C=O) groups is 1. The largest absolute Gasteiger partial charge is 0.397 e. The van der Waals surface area contributed by atoms with Crippen LogP contribution in [0.2, 0.25) is 0 Å². The van der Waals surface area contributed by atoms with E-state index >= 15 is 0 Å². The number of nitrogens with two attached hydrogens (primary N) is 2. The zero-order chi connectivity index (χ0) is 14.0. The summed E-state index contributed by atoms with van der Waals surface area (Å²) in [6.07, 6.45) is 1.78. The van der Waals surface area contributed by atoms with Gasteiger partial charge in [0.25, 0.3) is 5.91 Å². The SMILES string of the molecule is Cc1c(CNc2c(N)cccc2C(N)=O)cnn1C. The molecule has 0 spiro atoms. The number of para-hydroxylation sites is 1. The summed E-state index contributed by atoms with van der Waals surface area (Å²) in [5, 5.41) is 7.32. The van der Waals surface area contributed by atoms with Crippen LogP contribution >= 0.6 is 0 Å². The Morgan fingerprint density at radius 2 is 2.21 bits per heavy atom. The topological polar surface area (TPSA) is 99.0 Å². The van der Waals surface area contributed by atoms with Crippen molar-refractivity contribution in [1.82, 2.24) is 9.78 Å². The monoisotopic (exact) mass is 259 g/mol. The van der Waals surface area contributed by atoms with Crippen LogP contribution in [0.3, 0.4) is 0 Å². The van der Waals surface area contributed by atoms with Gasteiger partial charge in [-0.15, -0.1) is 0 Å². The summed E-state index contributed by atoms with van der Waals surface area (Å²) in [5.74, 6) is -0.502. The average molecular weight is 259 g/mol. The smallest absolute Gasteiger partial charge is 0.250 e. The normalized spacial score (nSPS) is 10.4. The molecule has 100 valence electrons.